The molecule has 3 N–H and O–H groups in total. The number of rotatable bonds is 2. The van der Waals surface area contributed by atoms with Crippen molar-refractivity contribution < 1.29 is 19.2 Å². The minimum atomic E-state index is -0.630. The maximum atomic E-state index is 13.4. The van der Waals surface area contributed by atoms with Crippen LogP contribution in [0.2, 0.25) is 0 Å². The smallest absolute Gasteiger partial charge is 0.255 e. The van der Waals surface area contributed by atoms with Crippen LogP contribution < -0.4 is 11.1 Å². The maximum absolute atomic E-state index is 13.4. The van der Waals surface area contributed by atoms with Gasteiger partial charge in [0.05, 0.1) is 0 Å². The SMILES string of the molecule is NC12CCC(C(=O)N3CCC(C#Cc4cccc5c4CN(C4CCC(=O)NC4=O)C5=O)CC3)(CC1)CC2. The fourth-order valence-corrected chi connectivity index (χ4v) is 6.98. The first-order valence-electron chi connectivity index (χ1n) is 13.6. The van der Waals surface area contributed by atoms with Crippen molar-refractivity contribution in [3.63, 3.8) is 0 Å². The Balaban J connectivity index is 1.10. The highest BCUT2D eigenvalue weighted by molar-refractivity contribution is 6.05. The van der Waals surface area contributed by atoms with Gasteiger partial charge in [0.1, 0.15) is 6.04 Å². The highest BCUT2D eigenvalue weighted by Crippen LogP contribution is 2.52. The average Bonchev–Trinajstić information content (AvgIpc) is 3.24. The van der Waals surface area contributed by atoms with Crippen molar-refractivity contribution in [3.05, 3.63) is 34.9 Å². The van der Waals surface area contributed by atoms with E-state index < -0.39 is 11.9 Å². The lowest BCUT2D eigenvalue weighted by Gasteiger charge is -2.52. The molecule has 3 saturated carbocycles. The third kappa shape index (κ3) is 4.23. The number of likely N-dealkylation sites (tertiary alicyclic amines) is 1. The second-order valence-corrected chi connectivity index (χ2v) is 11.7. The average molecular weight is 503 g/mol. The Morgan fingerprint density at radius 2 is 1.70 bits per heavy atom. The van der Waals surface area contributed by atoms with Crippen LogP contribution in [-0.4, -0.2) is 58.1 Å². The predicted molar refractivity (Wildman–Crippen MR) is 136 cm³/mol. The molecule has 1 aromatic rings. The Hall–Kier alpha value is -3.18. The summed E-state index contributed by atoms with van der Waals surface area (Å²) in [5.41, 5.74) is 8.46. The number of hydrogen-bond acceptors (Lipinski definition) is 5. The maximum Gasteiger partial charge on any atom is 0.255 e. The van der Waals surface area contributed by atoms with Crippen LogP contribution in [0.3, 0.4) is 0 Å². The molecule has 3 heterocycles. The van der Waals surface area contributed by atoms with E-state index in [2.05, 4.69) is 22.1 Å². The second-order valence-electron chi connectivity index (χ2n) is 11.7. The quantitative estimate of drug-likeness (QED) is 0.475. The summed E-state index contributed by atoms with van der Waals surface area (Å²) in [5.74, 6) is 6.37. The van der Waals surface area contributed by atoms with E-state index in [9.17, 15) is 19.2 Å². The van der Waals surface area contributed by atoms with Crippen molar-refractivity contribution >= 4 is 23.6 Å². The molecule has 1 unspecified atom stereocenters. The number of fused-ring (bicyclic) bond motifs is 4. The molecule has 6 aliphatic rings. The van der Waals surface area contributed by atoms with Crippen molar-refractivity contribution in [1.82, 2.24) is 15.1 Å². The molecule has 0 aromatic heterocycles. The van der Waals surface area contributed by atoms with Gasteiger partial charge in [-0.1, -0.05) is 17.9 Å². The number of amides is 4. The van der Waals surface area contributed by atoms with Crippen LogP contribution >= 0.6 is 0 Å². The standard InChI is InChI=1S/C29H34N4O4/c30-29-13-10-28(11-14-29,12-15-29)27(37)32-16-8-19(9-17-32)4-5-20-2-1-3-21-22(20)18-33(26(21)36)23-6-7-24(34)31-25(23)35/h1-3,19,23H,6-18,30H2,(H,31,34,35). The van der Waals surface area contributed by atoms with Crippen LogP contribution in [0.4, 0.5) is 0 Å². The van der Waals surface area contributed by atoms with Gasteiger partial charge in [0.15, 0.2) is 0 Å². The summed E-state index contributed by atoms with van der Waals surface area (Å²) in [6.07, 6.45) is 7.96. The number of carbonyl (C=O) groups excluding carboxylic acids is 4. The summed E-state index contributed by atoms with van der Waals surface area (Å²) >= 11 is 0. The number of hydrogen-bond donors (Lipinski definition) is 2. The molecule has 37 heavy (non-hydrogen) atoms. The van der Waals surface area contributed by atoms with E-state index in [0.29, 0.717) is 24.4 Å². The first-order valence-corrected chi connectivity index (χ1v) is 13.6. The Morgan fingerprint density at radius 1 is 1.00 bits per heavy atom. The van der Waals surface area contributed by atoms with Crippen LogP contribution in [0.1, 0.15) is 85.7 Å². The van der Waals surface area contributed by atoms with Crippen LogP contribution in [0, 0.1) is 23.2 Å². The molecular weight excluding hydrogens is 468 g/mol. The van der Waals surface area contributed by atoms with Gasteiger partial charge in [0, 0.05) is 54.1 Å². The minimum Gasteiger partial charge on any atom is -0.342 e. The van der Waals surface area contributed by atoms with Crippen molar-refractivity contribution in [2.45, 2.75) is 82.3 Å². The lowest BCUT2D eigenvalue weighted by atomic mass is 9.57. The highest BCUT2D eigenvalue weighted by atomic mass is 16.2. The monoisotopic (exact) mass is 502 g/mol. The largest absolute Gasteiger partial charge is 0.342 e. The van der Waals surface area contributed by atoms with E-state index in [1.165, 1.54) is 0 Å². The molecule has 0 spiro atoms. The number of nitrogens with one attached hydrogen (secondary N) is 1. The second kappa shape index (κ2) is 8.98. The molecule has 4 amide bonds. The van der Waals surface area contributed by atoms with E-state index in [1.54, 1.807) is 11.0 Å². The van der Waals surface area contributed by atoms with Gasteiger partial charge >= 0.3 is 0 Å². The third-order valence-electron chi connectivity index (χ3n) is 9.53. The molecule has 5 fully saturated rings. The molecule has 1 atom stereocenters. The first-order chi connectivity index (χ1) is 17.8. The molecule has 8 heteroatoms. The van der Waals surface area contributed by atoms with Gasteiger partial charge in [-0.15, -0.1) is 0 Å². The van der Waals surface area contributed by atoms with Gasteiger partial charge < -0.3 is 15.5 Å². The van der Waals surface area contributed by atoms with E-state index >= 15 is 0 Å². The normalized spacial score (nSPS) is 31.6. The Morgan fingerprint density at radius 3 is 2.38 bits per heavy atom. The van der Waals surface area contributed by atoms with Crippen molar-refractivity contribution in [3.8, 4) is 11.8 Å². The zero-order chi connectivity index (χ0) is 25.8. The lowest BCUT2D eigenvalue weighted by molar-refractivity contribution is -0.150. The fraction of sp³-hybridized carbons (Fsp3) is 0.586. The first kappa shape index (κ1) is 24.2. The summed E-state index contributed by atoms with van der Waals surface area (Å²) in [7, 11) is 0. The van der Waals surface area contributed by atoms with E-state index in [4.69, 9.17) is 5.73 Å². The number of imide groups is 1. The third-order valence-corrected chi connectivity index (χ3v) is 9.53. The van der Waals surface area contributed by atoms with Crippen LogP contribution in [0.25, 0.3) is 0 Å². The summed E-state index contributed by atoms with van der Waals surface area (Å²) in [6.45, 7) is 1.80. The number of nitrogens with zero attached hydrogens (tertiary/aromatic N) is 2. The summed E-state index contributed by atoms with van der Waals surface area (Å²) in [6, 6.07) is 4.91. The van der Waals surface area contributed by atoms with Crippen molar-refractivity contribution in [2.24, 2.45) is 17.1 Å². The Labute approximate surface area is 217 Å². The fourth-order valence-electron chi connectivity index (χ4n) is 6.98. The lowest BCUT2D eigenvalue weighted by Crippen LogP contribution is -2.57. The van der Waals surface area contributed by atoms with Gasteiger partial charge in [-0.05, 0) is 75.5 Å². The molecule has 0 radical (unpaired) electrons. The van der Waals surface area contributed by atoms with Crippen LogP contribution in [0.15, 0.2) is 18.2 Å². The van der Waals surface area contributed by atoms with Gasteiger partial charge in [0.25, 0.3) is 5.91 Å². The predicted octanol–water partition coefficient (Wildman–Crippen LogP) is 2.09. The van der Waals surface area contributed by atoms with Gasteiger partial charge in [-0.3, -0.25) is 24.5 Å². The van der Waals surface area contributed by atoms with Gasteiger partial charge in [-0.25, -0.2) is 0 Å². The molecule has 3 aliphatic heterocycles. The highest BCUT2D eigenvalue weighted by Gasteiger charge is 2.52. The number of nitrogens with two attached hydrogens (primary N) is 1. The van der Waals surface area contributed by atoms with Crippen molar-refractivity contribution in [2.75, 3.05) is 13.1 Å². The zero-order valence-corrected chi connectivity index (χ0v) is 21.2. The van der Waals surface area contributed by atoms with Crippen molar-refractivity contribution in [1.29, 1.82) is 0 Å². The van der Waals surface area contributed by atoms with E-state index in [1.807, 2.05) is 12.1 Å². The molecular formula is C29H34N4O4. The molecule has 2 saturated heterocycles. The zero-order valence-electron chi connectivity index (χ0n) is 21.2. The Bertz CT molecular complexity index is 1210. The molecule has 7 rings (SSSR count). The summed E-state index contributed by atoms with van der Waals surface area (Å²) in [5, 5.41) is 2.35. The molecule has 8 nitrogen and oxygen atoms in total. The summed E-state index contributed by atoms with van der Waals surface area (Å²) < 4.78 is 0. The van der Waals surface area contributed by atoms with Crippen LogP contribution in [0.5, 0.6) is 0 Å². The molecule has 2 bridgehead atoms. The molecule has 3 aliphatic carbocycles. The molecule has 194 valence electrons. The topological polar surface area (TPSA) is 113 Å². The van der Waals surface area contributed by atoms with Gasteiger partial charge in [0.2, 0.25) is 17.7 Å². The van der Waals surface area contributed by atoms with E-state index in [0.717, 1.165) is 75.6 Å². The Kier molecular flexibility index (Phi) is 5.87. The van der Waals surface area contributed by atoms with Crippen LogP contribution in [-0.2, 0) is 20.9 Å². The molecule has 1 aromatic carbocycles. The number of piperidine rings is 2. The van der Waals surface area contributed by atoms with E-state index in [-0.39, 0.29) is 35.1 Å². The summed E-state index contributed by atoms with van der Waals surface area (Å²) in [4.78, 5) is 54.0. The number of benzene rings is 1. The number of carbonyl (C=O) groups is 4. The minimum absolute atomic E-state index is 0.0360. The van der Waals surface area contributed by atoms with Gasteiger partial charge in [-0.2, -0.15) is 0 Å².